The van der Waals surface area contributed by atoms with Crippen LogP contribution in [-0.2, 0) is 27.2 Å². The van der Waals surface area contributed by atoms with Crippen LogP contribution in [0.2, 0.25) is 5.02 Å². The Morgan fingerprint density at radius 3 is 2.49 bits per heavy atom. The number of phenolic OH excluding ortho intramolecular Hbond substituents is 1. The number of para-hydroxylation sites is 1. The molecular weight excluding hydrogens is 601 g/mol. The van der Waals surface area contributed by atoms with E-state index in [0.717, 1.165) is 25.9 Å². The zero-order chi connectivity index (χ0) is 32.5. The van der Waals surface area contributed by atoms with E-state index in [2.05, 4.69) is 26.2 Å². The summed E-state index contributed by atoms with van der Waals surface area (Å²) >= 11 is 6.15. The number of aryl methyl sites for hydroxylation is 1. The van der Waals surface area contributed by atoms with Gasteiger partial charge in [-0.2, -0.15) is 0 Å². The molecule has 1 saturated heterocycles. The summed E-state index contributed by atoms with van der Waals surface area (Å²) in [6, 6.07) is 6.52. The maximum absolute atomic E-state index is 14.9. The zero-order valence-corrected chi connectivity index (χ0v) is 27.0. The highest BCUT2D eigenvalue weighted by atomic mass is 35.5. The number of ether oxygens (including phenoxy) is 1. The number of carbonyl (C=O) groups excluding carboxylic acids is 3. The van der Waals surface area contributed by atoms with Gasteiger partial charge in [-0.15, -0.1) is 0 Å². The molecule has 2 aliphatic rings. The lowest BCUT2D eigenvalue weighted by atomic mass is 10.00. The van der Waals surface area contributed by atoms with Crippen molar-refractivity contribution in [3.63, 3.8) is 0 Å². The third-order valence-electron chi connectivity index (χ3n) is 8.22. The molecule has 2 aromatic carbocycles. The Labute approximate surface area is 269 Å². The first kappa shape index (κ1) is 34.5. The standard InChI is InChI=1S/C33H45ClFN5O5/c1-20(2)29-33(44)38-27(18-40-14-4-5-15-40)31(42)36-13-7-9-23-8-6-10-25(35)30(23)45-19-21(3)37-26(32(43)39-29)17-22-11-12-28(41)24(34)16-22/h6,8,10-12,16,20-21,26-27,29,37,41H,4-5,7,9,13-15,17-19H2,1-3H3,(H,36,42)(H,38,44)(H,39,43)/t21-,26+,27-,29+/m0/s1. The summed E-state index contributed by atoms with van der Waals surface area (Å²) in [4.78, 5) is 43.0. The smallest absolute Gasteiger partial charge is 0.243 e. The van der Waals surface area contributed by atoms with E-state index in [1.165, 1.54) is 12.1 Å². The molecule has 0 unspecified atom stereocenters. The van der Waals surface area contributed by atoms with Crippen LogP contribution in [0.4, 0.5) is 4.39 Å². The van der Waals surface area contributed by atoms with Gasteiger partial charge in [-0.3, -0.25) is 19.7 Å². The lowest BCUT2D eigenvalue weighted by Gasteiger charge is -2.30. The number of nitrogens with zero attached hydrogens (tertiary/aromatic N) is 1. The topological polar surface area (TPSA) is 132 Å². The molecule has 0 bridgehead atoms. The Balaban J connectivity index is 1.63. The summed E-state index contributed by atoms with van der Waals surface area (Å²) in [5.74, 6) is -1.88. The highest BCUT2D eigenvalue weighted by molar-refractivity contribution is 6.32. The van der Waals surface area contributed by atoms with Crippen LogP contribution in [0.25, 0.3) is 0 Å². The molecule has 246 valence electrons. The fourth-order valence-electron chi connectivity index (χ4n) is 5.73. The fourth-order valence-corrected chi connectivity index (χ4v) is 5.94. The van der Waals surface area contributed by atoms with E-state index in [0.29, 0.717) is 37.1 Å². The van der Waals surface area contributed by atoms with Gasteiger partial charge in [-0.25, -0.2) is 4.39 Å². The molecule has 0 aromatic heterocycles. The molecule has 10 nitrogen and oxygen atoms in total. The average Bonchev–Trinajstić information content (AvgIpc) is 3.51. The van der Waals surface area contributed by atoms with Gasteiger partial charge in [0.15, 0.2) is 11.6 Å². The van der Waals surface area contributed by atoms with Crippen molar-refractivity contribution >= 4 is 29.3 Å². The third kappa shape index (κ3) is 9.79. The van der Waals surface area contributed by atoms with Crippen LogP contribution in [-0.4, -0.2) is 84.7 Å². The van der Waals surface area contributed by atoms with Crippen molar-refractivity contribution < 1.29 is 28.6 Å². The number of hydrogen-bond acceptors (Lipinski definition) is 7. The molecule has 2 heterocycles. The molecule has 3 amide bonds. The maximum atomic E-state index is 14.9. The summed E-state index contributed by atoms with van der Waals surface area (Å²) in [7, 11) is 0. The molecule has 4 atom stereocenters. The van der Waals surface area contributed by atoms with Crippen molar-refractivity contribution in [2.45, 2.75) is 77.0 Å². The molecule has 12 heteroatoms. The molecule has 2 aliphatic heterocycles. The Morgan fingerprint density at radius 2 is 1.78 bits per heavy atom. The Morgan fingerprint density at radius 1 is 1.02 bits per heavy atom. The molecule has 2 aromatic rings. The van der Waals surface area contributed by atoms with Crippen LogP contribution in [0.3, 0.4) is 0 Å². The summed E-state index contributed by atoms with van der Waals surface area (Å²) in [5, 5.41) is 22.1. The third-order valence-corrected chi connectivity index (χ3v) is 8.52. The Hall–Kier alpha value is -3.41. The molecule has 0 aliphatic carbocycles. The minimum absolute atomic E-state index is 0.0665. The molecule has 1 fully saturated rings. The second kappa shape index (κ2) is 16.2. The lowest BCUT2D eigenvalue weighted by Crippen LogP contribution is -2.60. The molecule has 0 saturated carbocycles. The number of nitrogens with one attached hydrogen (secondary N) is 4. The highest BCUT2D eigenvalue weighted by Crippen LogP contribution is 2.26. The summed E-state index contributed by atoms with van der Waals surface area (Å²) in [5.41, 5.74) is 1.36. The monoisotopic (exact) mass is 645 g/mol. The number of rotatable bonds is 5. The Kier molecular flexibility index (Phi) is 12.4. The zero-order valence-electron chi connectivity index (χ0n) is 26.2. The van der Waals surface area contributed by atoms with Crippen molar-refractivity contribution in [1.29, 1.82) is 0 Å². The van der Waals surface area contributed by atoms with Crippen molar-refractivity contribution in [1.82, 2.24) is 26.2 Å². The second-order valence-corrected chi connectivity index (χ2v) is 12.8. The van der Waals surface area contributed by atoms with Gasteiger partial charge >= 0.3 is 0 Å². The van der Waals surface area contributed by atoms with E-state index in [1.807, 2.05) is 20.8 Å². The number of fused-ring (bicyclic) bond motifs is 1. The van der Waals surface area contributed by atoms with Crippen LogP contribution in [0, 0.1) is 11.7 Å². The number of benzene rings is 2. The van der Waals surface area contributed by atoms with Crippen LogP contribution in [0.1, 0.15) is 51.2 Å². The quantitative estimate of drug-likeness (QED) is 0.338. The predicted octanol–water partition coefficient (Wildman–Crippen LogP) is 2.94. The van der Waals surface area contributed by atoms with Gasteiger partial charge in [0, 0.05) is 19.1 Å². The number of halogens is 2. The van der Waals surface area contributed by atoms with Crippen molar-refractivity contribution in [2.75, 3.05) is 32.8 Å². The van der Waals surface area contributed by atoms with Crippen LogP contribution in [0.15, 0.2) is 36.4 Å². The number of aromatic hydroxyl groups is 1. The normalized spacial score (nSPS) is 24.5. The Bertz CT molecular complexity index is 1340. The highest BCUT2D eigenvalue weighted by Gasteiger charge is 2.33. The van der Waals surface area contributed by atoms with E-state index in [9.17, 15) is 23.9 Å². The predicted molar refractivity (Wildman–Crippen MR) is 171 cm³/mol. The van der Waals surface area contributed by atoms with Crippen molar-refractivity contribution in [3.8, 4) is 11.5 Å². The molecule has 5 N–H and O–H groups in total. The molecular formula is C33H45ClFN5O5. The van der Waals surface area contributed by atoms with Gasteiger partial charge in [0.05, 0.1) is 11.1 Å². The number of carbonyl (C=O) groups is 3. The first-order chi connectivity index (χ1) is 21.5. The summed E-state index contributed by atoms with van der Waals surface area (Å²) in [6.07, 6.45) is 3.27. The number of hydrogen-bond donors (Lipinski definition) is 5. The SMILES string of the molecule is CC(C)[C@H]1NC(=O)[C@@H](Cc2ccc(O)c(Cl)c2)N[C@@H](C)COc2c(F)cccc2CCCNC(=O)[C@H](CN2CCCC2)NC1=O. The van der Waals surface area contributed by atoms with Gasteiger partial charge in [0.1, 0.15) is 24.4 Å². The van der Waals surface area contributed by atoms with Crippen LogP contribution in [0.5, 0.6) is 11.5 Å². The minimum atomic E-state index is -0.912. The average molecular weight is 646 g/mol. The summed E-state index contributed by atoms with van der Waals surface area (Å²) < 4.78 is 20.8. The van der Waals surface area contributed by atoms with Gasteiger partial charge in [-0.1, -0.05) is 43.6 Å². The van der Waals surface area contributed by atoms with Gasteiger partial charge in [0.25, 0.3) is 0 Å². The minimum Gasteiger partial charge on any atom is -0.506 e. The fraction of sp³-hybridized carbons (Fsp3) is 0.545. The first-order valence-electron chi connectivity index (χ1n) is 15.8. The summed E-state index contributed by atoms with van der Waals surface area (Å²) in [6.45, 7) is 7.95. The van der Waals surface area contributed by atoms with E-state index in [4.69, 9.17) is 16.3 Å². The molecule has 45 heavy (non-hydrogen) atoms. The first-order valence-corrected chi connectivity index (χ1v) is 16.1. The van der Waals surface area contributed by atoms with Gasteiger partial charge in [0.2, 0.25) is 17.7 Å². The van der Waals surface area contributed by atoms with E-state index >= 15 is 0 Å². The van der Waals surface area contributed by atoms with Crippen LogP contribution < -0.4 is 26.0 Å². The van der Waals surface area contributed by atoms with Crippen molar-refractivity contribution in [2.24, 2.45) is 5.92 Å². The lowest BCUT2D eigenvalue weighted by molar-refractivity contribution is -0.133. The van der Waals surface area contributed by atoms with Crippen LogP contribution >= 0.6 is 11.6 Å². The van der Waals surface area contributed by atoms with E-state index in [-0.39, 0.29) is 41.4 Å². The molecule has 4 rings (SSSR count). The molecule has 0 spiro atoms. The van der Waals surface area contributed by atoms with Gasteiger partial charge in [-0.05, 0) is 87.4 Å². The number of likely N-dealkylation sites (tertiary alicyclic amines) is 1. The van der Waals surface area contributed by atoms with Crippen molar-refractivity contribution in [3.05, 3.63) is 58.4 Å². The number of amides is 3. The van der Waals surface area contributed by atoms with Gasteiger partial charge < -0.3 is 30.7 Å². The second-order valence-electron chi connectivity index (χ2n) is 12.3. The largest absolute Gasteiger partial charge is 0.506 e. The number of phenols is 1. The molecule has 0 radical (unpaired) electrons. The maximum Gasteiger partial charge on any atom is 0.243 e. The van der Waals surface area contributed by atoms with E-state index < -0.39 is 41.8 Å². The van der Waals surface area contributed by atoms with E-state index in [1.54, 1.807) is 24.3 Å².